The maximum absolute atomic E-state index is 12.2. The average molecular weight is 407 g/mol. The second kappa shape index (κ2) is 8.71. The Bertz CT molecular complexity index is 682. The second-order valence-corrected chi connectivity index (χ2v) is 9.35. The molecule has 25 heavy (non-hydrogen) atoms. The van der Waals surface area contributed by atoms with E-state index in [0.29, 0.717) is 29.4 Å². The van der Waals surface area contributed by atoms with E-state index in [-0.39, 0.29) is 35.5 Å². The molecule has 1 amide bonds. The van der Waals surface area contributed by atoms with Crippen molar-refractivity contribution in [3.8, 4) is 0 Å². The van der Waals surface area contributed by atoms with Crippen molar-refractivity contribution in [2.24, 2.45) is 5.92 Å². The molecule has 5 nitrogen and oxygen atoms in total. The number of nitrogens with one attached hydrogen (secondary N) is 2. The molecule has 0 saturated carbocycles. The van der Waals surface area contributed by atoms with Gasteiger partial charge in [-0.1, -0.05) is 11.6 Å². The van der Waals surface area contributed by atoms with Gasteiger partial charge < -0.3 is 10.6 Å². The molecule has 0 radical (unpaired) electrons. The SMILES string of the molecule is Cl.O=C(CC1CC2CCC(C1)N2)NCCS(=O)(=O)c1ccc(Cl)cc1. The van der Waals surface area contributed by atoms with Crippen LogP contribution in [-0.2, 0) is 14.6 Å². The lowest BCUT2D eigenvalue weighted by molar-refractivity contribution is -0.122. The normalized spacial score (nSPS) is 25.2. The number of amides is 1. The van der Waals surface area contributed by atoms with E-state index < -0.39 is 9.84 Å². The third-order valence-corrected chi connectivity index (χ3v) is 6.89. The summed E-state index contributed by atoms with van der Waals surface area (Å²) in [6.07, 6.45) is 5.01. The van der Waals surface area contributed by atoms with Gasteiger partial charge in [0.2, 0.25) is 5.91 Å². The topological polar surface area (TPSA) is 75.3 Å². The largest absolute Gasteiger partial charge is 0.355 e. The van der Waals surface area contributed by atoms with Crippen LogP contribution in [0, 0.1) is 5.92 Å². The van der Waals surface area contributed by atoms with E-state index in [4.69, 9.17) is 11.6 Å². The van der Waals surface area contributed by atoms with E-state index in [0.717, 1.165) is 12.8 Å². The average Bonchev–Trinajstić information content (AvgIpc) is 2.86. The van der Waals surface area contributed by atoms with Crippen LogP contribution in [0.2, 0.25) is 5.02 Å². The highest BCUT2D eigenvalue weighted by Crippen LogP contribution is 2.32. The number of carbonyl (C=O) groups excluding carboxylic acids is 1. The Kier molecular flexibility index (Phi) is 7.14. The standard InChI is InChI=1S/C17H23ClN2O3S.ClH/c18-13-1-5-16(6-2-13)24(22,23)8-7-19-17(21)11-12-9-14-3-4-15(10-12)20-14;/h1-2,5-6,12,14-15,20H,3-4,7-11H2,(H,19,21);1H. The van der Waals surface area contributed by atoms with Crippen molar-refractivity contribution >= 4 is 39.8 Å². The van der Waals surface area contributed by atoms with E-state index in [1.54, 1.807) is 12.1 Å². The minimum atomic E-state index is -3.40. The molecule has 2 unspecified atom stereocenters. The highest BCUT2D eigenvalue weighted by atomic mass is 35.5. The molecule has 2 aliphatic rings. The molecule has 2 N–H and O–H groups in total. The molecule has 0 spiro atoms. The van der Waals surface area contributed by atoms with Crippen molar-refractivity contribution in [3.05, 3.63) is 29.3 Å². The van der Waals surface area contributed by atoms with Crippen LogP contribution < -0.4 is 10.6 Å². The monoisotopic (exact) mass is 406 g/mol. The van der Waals surface area contributed by atoms with Crippen molar-refractivity contribution in [2.45, 2.75) is 49.1 Å². The quantitative estimate of drug-likeness (QED) is 0.760. The van der Waals surface area contributed by atoms with Gasteiger partial charge in [-0.25, -0.2) is 8.42 Å². The summed E-state index contributed by atoms with van der Waals surface area (Å²) in [7, 11) is -3.40. The van der Waals surface area contributed by atoms with Gasteiger partial charge in [0.1, 0.15) is 0 Å². The van der Waals surface area contributed by atoms with Crippen molar-refractivity contribution in [2.75, 3.05) is 12.3 Å². The van der Waals surface area contributed by atoms with Crippen molar-refractivity contribution in [3.63, 3.8) is 0 Å². The molecular weight excluding hydrogens is 383 g/mol. The van der Waals surface area contributed by atoms with E-state index in [9.17, 15) is 13.2 Å². The Balaban J connectivity index is 0.00000225. The highest BCUT2D eigenvalue weighted by molar-refractivity contribution is 7.91. The summed E-state index contributed by atoms with van der Waals surface area (Å²) in [4.78, 5) is 12.3. The Morgan fingerprint density at radius 3 is 2.36 bits per heavy atom. The predicted octanol–water partition coefficient (Wildman–Crippen LogP) is 2.57. The molecule has 1 aromatic carbocycles. The van der Waals surface area contributed by atoms with Crippen LogP contribution in [0.25, 0.3) is 0 Å². The van der Waals surface area contributed by atoms with Crippen LogP contribution in [0.4, 0.5) is 0 Å². The fourth-order valence-electron chi connectivity index (χ4n) is 3.76. The minimum absolute atomic E-state index is 0. The highest BCUT2D eigenvalue weighted by Gasteiger charge is 2.34. The fraction of sp³-hybridized carbons (Fsp3) is 0.588. The lowest BCUT2D eigenvalue weighted by atomic mass is 9.89. The number of halogens is 2. The Hall–Kier alpha value is -0.820. The summed E-state index contributed by atoms with van der Waals surface area (Å²) in [5, 5.41) is 6.81. The van der Waals surface area contributed by atoms with Crippen LogP contribution in [-0.4, -0.2) is 38.7 Å². The Morgan fingerprint density at radius 2 is 1.76 bits per heavy atom. The van der Waals surface area contributed by atoms with E-state index >= 15 is 0 Å². The number of hydrogen-bond acceptors (Lipinski definition) is 4. The number of sulfone groups is 1. The molecule has 2 heterocycles. The number of benzene rings is 1. The van der Waals surface area contributed by atoms with Gasteiger partial charge in [0.15, 0.2) is 9.84 Å². The van der Waals surface area contributed by atoms with E-state index in [1.165, 1.54) is 25.0 Å². The molecule has 2 atom stereocenters. The summed E-state index contributed by atoms with van der Waals surface area (Å²) in [6, 6.07) is 7.21. The van der Waals surface area contributed by atoms with Crippen LogP contribution in [0.1, 0.15) is 32.1 Å². The third-order valence-electron chi connectivity index (χ3n) is 4.91. The summed E-state index contributed by atoms with van der Waals surface area (Å²) in [6.45, 7) is 0.140. The first-order valence-electron chi connectivity index (χ1n) is 8.43. The number of hydrogen-bond donors (Lipinski definition) is 2. The van der Waals surface area contributed by atoms with Crippen molar-refractivity contribution in [1.82, 2.24) is 10.6 Å². The summed E-state index contributed by atoms with van der Waals surface area (Å²) < 4.78 is 24.4. The molecule has 3 rings (SSSR count). The molecule has 2 bridgehead atoms. The van der Waals surface area contributed by atoms with Gasteiger partial charge >= 0.3 is 0 Å². The minimum Gasteiger partial charge on any atom is -0.355 e. The van der Waals surface area contributed by atoms with Gasteiger partial charge in [0.05, 0.1) is 10.6 Å². The summed E-state index contributed by atoms with van der Waals surface area (Å²) in [5.41, 5.74) is 0. The number of carbonyl (C=O) groups is 1. The first kappa shape index (κ1) is 20.5. The molecule has 0 aliphatic carbocycles. The first-order chi connectivity index (χ1) is 11.4. The lowest BCUT2D eigenvalue weighted by Crippen LogP contribution is -2.40. The van der Waals surface area contributed by atoms with Gasteiger partial charge in [-0.15, -0.1) is 12.4 Å². The second-order valence-electron chi connectivity index (χ2n) is 6.80. The summed E-state index contributed by atoms with van der Waals surface area (Å²) >= 11 is 5.77. The van der Waals surface area contributed by atoms with Crippen LogP contribution in [0.3, 0.4) is 0 Å². The molecule has 8 heteroatoms. The zero-order valence-corrected chi connectivity index (χ0v) is 16.3. The van der Waals surface area contributed by atoms with Crippen LogP contribution >= 0.6 is 24.0 Å². The smallest absolute Gasteiger partial charge is 0.220 e. The molecule has 0 aromatic heterocycles. The predicted molar refractivity (Wildman–Crippen MR) is 101 cm³/mol. The number of piperidine rings is 1. The molecular formula is C17H24Cl2N2O3S. The number of rotatable bonds is 6. The van der Waals surface area contributed by atoms with Crippen molar-refractivity contribution in [1.29, 1.82) is 0 Å². The van der Waals surface area contributed by atoms with Gasteiger partial charge in [-0.05, 0) is 55.9 Å². The zero-order chi connectivity index (χ0) is 17.2. The third kappa shape index (κ3) is 5.58. The Labute approximate surface area is 160 Å². The Morgan fingerprint density at radius 1 is 1.16 bits per heavy atom. The van der Waals surface area contributed by atoms with Gasteiger partial charge in [-0.2, -0.15) is 0 Å². The lowest BCUT2D eigenvalue weighted by Gasteiger charge is -2.28. The van der Waals surface area contributed by atoms with Gasteiger partial charge in [0, 0.05) is 30.1 Å². The van der Waals surface area contributed by atoms with E-state index in [2.05, 4.69) is 10.6 Å². The molecule has 2 aliphatic heterocycles. The number of fused-ring (bicyclic) bond motifs is 2. The van der Waals surface area contributed by atoms with Crippen LogP contribution in [0.15, 0.2) is 29.2 Å². The van der Waals surface area contributed by atoms with E-state index in [1.807, 2.05) is 0 Å². The molecule has 2 fully saturated rings. The maximum atomic E-state index is 12.2. The van der Waals surface area contributed by atoms with Gasteiger partial charge in [-0.3, -0.25) is 4.79 Å². The fourth-order valence-corrected chi connectivity index (χ4v) is 5.04. The molecule has 140 valence electrons. The summed E-state index contributed by atoms with van der Waals surface area (Å²) in [5.74, 6) is 0.266. The van der Waals surface area contributed by atoms with Crippen LogP contribution in [0.5, 0.6) is 0 Å². The first-order valence-corrected chi connectivity index (χ1v) is 10.5. The molecule has 2 saturated heterocycles. The molecule has 1 aromatic rings. The zero-order valence-electron chi connectivity index (χ0n) is 13.9. The van der Waals surface area contributed by atoms with Crippen molar-refractivity contribution < 1.29 is 13.2 Å². The van der Waals surface area contributed by atoms with Gasteiger partial charge in [0.25, 0.3) is 0 Å². The maximum Gasteiger partial charge on any atom is 0.220 e.